The molecule has 0 spiro atoms. The summed E-state index contributed by atoms with van der Waals surface area (Å²) in [5.41, 5.74) is 0. The highest BCUT2D eigenvalue weighted by molar-refractivity contribution is 6.00. The molecule has 64 valence electrons. The molecule has 0 N–H and O–H groups in total. The highest BCUT2D eigenvalue weighted by atomic mass is 16.1. The summed E-state index contributed by atoms with van der Waals surface area (Å²) >= 11 is 0. The predicted molar refractivity (Wildman–Crippen MR) is 44.3 cm³/mol. The second-order valence-corrected chi connectivity index (χ2v) is 3.08. The standard InChI is InChI=1S/C9H16O2/c1-5-6(2)9(7(3)10)8(4)11/h6,9H,5H2,1-4H3. The Kier molecular flexibility index (Phi) is 4.01. The first-order valence-electron chi connectivity index (χ1n) is 4.01. The number of hydrogen-bond donors (Lipinski definition) is 0. The van der Waals surface area contributed by atoms with Gasteiger partial charge in [0.1, 0.15) is 11.6 Å². The highest BCUT2D eigenvalue weighted by Gasteiger charge is 2.24. The zero-order valence-electron chi connectivity index (χ0n) is 7.68. The lowest BCUT2D eigenvalue weighted by molar-refractivity contribution is -0.132. The van der Waals surface area contributed by atoms with Gasteiger partial charge in [-0.15, -0.1) is 0 Å². The van der Waals surface area contributed by atoms with Crippen LogP contribution in [0.15, 0.2) is 0 Å². The molecule has 2 nitrogen and oxygen atoms in total. The van der Waals surface area contributed by atoms with E-state index in [4.69, 9.17) is 0 Å². The van der Waals surface area contributed by atoms with Crippen molar-refractivity contribution < 1.29 is 9.59 Å². The van der Waals surface area contributed by atoms with Crippen LogP contribution in [-0.4, -0.2) is 11.6 Å². The quantitative estimate of drug-likeness (QED) is 0.582. The summed E-state index contributed by atoms with van der Waals surface area (Å²) in [6.07, 6.45) is 0.879. The molecule has 0 radical (unpaired) electrons. The molecule has 0 bridgehead atoms. The van der Waals surface area contributed by atoms with Crippen LogP contribution in [0.4, 0.5) is 0 Å². The molecule has 1 atom stereocenters. The molecule has 0 saturated heterocycles. The number of hydrogen-bond acceptors (Lipinski definition) is 2. The fourth-order valence-corrected chi connectivity index (χ4v) is 1.32. The molecular formula is C9H16O2. The smallest absolute Gasteiger partial charge is 0.140 e. The topological polar surface area (TPSA) is 34.1 Å². The molecule has 0 aromatic rings. The zero-order chi connectivity index (χ0) is 9.02. The van der Waals surface area contributed by atoms with Crippen LogP contribution in [0.25, 0.3) is 0 Å². The minimum Gasteiger partial charge on any atom is -0.299 e. The molecular weight excluding hydrogens is 140 g/mol. The third kappa shape index (κ3) is 2.83. The van der Waals surface area contributed by atoms with Crippen LogP contribution in [0.3, 0.4) is 0 Å². The fraction of sp³-hybridized carbons (Fsp3) is 0.778. The van der Waals surface area contributed by atoms with Crippen LogP contribution < -0.4 is 0 Å². The van der Waals surface area contributed by atoms with E-state index in [2.05, 4.69) is 0 Å². The second-order valence-electron chi connectivity index (χ2n) is 3.08. The lowest BCUT2D eigenvalue weighted by atomic mass is 9.86. The van der Waals surface area contributed by atoms with Gasteiger partial charge in [-0.1, -0.05) is 20.3 Å². The van der Waals surface area contributed by atoms with Gasteiger partial charge in [0.2, 0.25) is 0 Å². The maximum absolute atomic E-state index is 11.0. The van der Waals surface area contributed by atoms with Crippen molar-refractivity contribution in [3.63, 3.8) is 0 Å². The van der Waals surface area contributed by atoms with Crippen molar-refractivity contribution in [1.29, 1.82) is 0 Å². The maximum atomic E-state index is 11.0. The summed E-state index contributed by atoms with van der Waals surface area (Å²) in [5.74, 6) is -0.205. The Hall–Kier alpha value is -0.660. The molecule has 0 saturated carbocycles. The Balaban J connectivity index is 4.34. The minimum atomic E-state index is -0.375. The van der Waals surface area contributed by atoms with E-state index >= 15 is 0 Å². The van der Waals surface area contributed by atoms with Gasteiger partial charge in [0.25, 0.3) is 0 Å². The Bertz CT molecular complexity index is 147. The SMILES string of the molecule is CCC(C)C(C(C)=O)C(C)=O. The molecule has 0 aromatic heterocycles. The number of ketones is 2. The summed E-state index contributed by atoms with van der Waals surface area (Å²) in [6, 6.07) is 0. The zero-order valence-corrected chi connectivity index (χ0v) is 7.68. The molecule has 0 rings (SSSR count). The van der Waals surface area contributed by atoms with E-state index in [1.54, 1.807) is 0 Å². The summed E-state index contributed by atoms with van der Waals surface area (Å²) in [5, 5.41) is 0. The largest absolute Gasteiger partial charge is 0.299 e. The second kappa shape index (κ2) is 4.27. The van der Waals surface area contributed by atoms with Crippen LogP contribution >= 0.6 is 0 Å². The van der Waals surface area contributed by atoms with Crippen LogP contribution in [0, 0.1) is 11.8 Å². The molecule has 0 amide bonds. The van der Waals surface area contributed by atoms with Crippen molar-refractivity contribution in [3.8, 4) is 0 Å². The molecule has 2 heteroatoms. The summed E-state index contributed by atoms with van der Waals surface area (Å²) in [7, 11) is 0. The van der Waals surface area contributed by atoms with Gasteiger partial charge in [0.15, 0.2) is 0 Å². The van der Waals surface area contributed by atoms with Gasteiger partial charge < -0.3 is 0 Å². The van der Waals surface area contributed by atoms with Gasteiger partial charge in [-0.3, -0.25) is 9.59 Å². The molecule has 11 heavy (non-hydrogen) atoms. The van der Waals surface area contributed by atoms with Crippen molar-refractivity contribution in [2.24, 2.45) is 11.8 Å². The van der Waals surface area contributed by atoms with Crippen LogP contribution in [0.2, 0.25) is 0 Å². The van der Waals surface area contributed by atoms with Gasteiger partial charge in [-0.05, 0) is 19.8 Å². The van der Waals surface area contributed by atoms with Crippen LogP contribution in [0.5, 0.6) is 0 Å². The van der Waals surface area contributed by atoms with E-state index in [9.17, 15) is 9.59 Å². The summed E-state index contributed by atoms with van der Waals surface area (Å²) in [6.45, 7) is 6.90. The van der Waals surface area contributed by atoms with Gasteiger partial charge in [-0.2, -0.15) is 0 Å². The monoisotopic (exact) mass is 156 g/mol. The molecule has 0 aliphatic carbocycles. The van der Waals surface area contributed by atoms with E-state index < -0.39 is 0 Å². The highest BCUT2D eigenvalue weighted by Crippen LogP contribution is 2.16. The van der Waals surface area contributed by atoms with E-state index in [-0.39, 0.29) is 23.4 Å². The molecule has 0 fully saturated rings. The number of carbonyl (C=O) groups is 2. The molecule has 0 aliphatic heterocycles. The van der Waals surface area contributed by atoms with Crippen molar-refractivity contribution in [3.05, 3.63) is 0 Å². The molecule has 0 heterocycles. The molecule has 0 aromatic carbocycles. The normalized spacial score (nSPS) is 13.2. The Morgan fingerprint density at radius 2 is 1.55 bits per heavy atom. The van der Waals surface area contributed by atoms with Crippen molar-refractivity contribution >= 4 is 11.6 Å². The lowest BCUT2D eigenvalue weighted by Crippen LogP contribution is -2.26. The average molecular weight is 156 g/mol. The molecule has 0 aliphatic rings. The molecule has 1 unspecified atom stereocenters. The van der Waals surface area contributed by atoms with Gasteiger partial charge in [0.05, 0.1) is 5.92 Å². The van der Waals surface area contributed by atoms with Crippen molar-refractivity contribution in [1.82, 2.24) is 0 Å². The number of rotatable bonds is 4. The third-order valence-electron chi connectivity index (χ3n) is 2.09. The average Bonchev–Trinajstić information content (AvgIpc) is 1.85. The van der Waals surface area contributed by atoms with E-state index in [1.165, 1.54) is 13.8 Å². The summed E-state index contributed by atoms with van der Waals surface area (Å²) < 4.78 is 0. The first kappa shape index (κ1) is 10.3. The van der Waals surface area contributed by atoms with Gasteiger partial charge in [0, 0.05) is 0 Å². The van der Waals surface area contributed by atoms with Gasteiger partial charge >= 0.3 is 0 Å². The Morgan fingerprint density at radius 3 is 1.64 bits per heavy atom. The first-order chi connectivity index (χ1) is 5.00. The lowest BCUT2D eigenvalue weighted by Gasteiger charge is -2.16. The fourth-order valence-electron chi connectivity index (χ4n) is 1.32. The number of Topliss-reactive ketones (excluding diaryl/α,β-unsaturated/α-hetero) is 2. The number of carbonyl (C=O) groups excluding carboxylic acids is 2. The van der Waals surface area contributed by atoms with E-state index in [0.29, 0.717) is 0 Å². The van der Waals surface area contributed by atoms with E-state index in [0.717, 1.165) is 6.42 Å². The van der Waals surface area contributed by atoms with Crippen molar-refractivity contribution in [2.45, 2.75) is 34.1 Å². The van der Waals surface area contributed by atoms with Crippen molar-refractivity contribution in [2.75, 3.05) is 0 Å². The van der Waals surface area contributed by atoms with E-state index in [1.807, 2.05) is 13.8 Å². The Labute approximate surface area is 68.0 Å². The third-order valence-corrected chi connectivity index (χ3v) is 2.09. The van der Waals surface area contributed by atoms with Crippen LogP contribution in [0.1, 0.15) is 34.1 Å². The predicted octanol–water partition coefficient (Wildman–Crippen LogP) is 1.83. The van der Waals surface area contributed by atoms with Gasteiger partial charge in [-0.25, -0.2) is 0 Å². The summed E-state index contributed by atoms with van der Waals surface area (Å²) in [4.78, 5) is 21.9. The maximum Gasteiger partial charge on any atom is 0.140 e. The van der Waals surface area contributed by atoms with Crippen LogP contribution in [-0.2, 0) is 9.59 Å². The Morgan fingerprint density at radius 1 is 1.18 bits per heavy atom. The first-order valence-corrected chi connectivity index (χ1v) is 4.01. The minimum absolute atomic E-state index is 0.00755.